The summed E-state index contributed by atoms with van der Waals surface area (Å²) in [4.78, 5) is 29.2. The van der Waals surface area contributed by atoms with Crippen LogP contribution in [0.1, 0.15) is 24.1 Å². The predicted molar refractivity (Wildman–Crippen MR) is 116 cm³/mol. The average molecular weight is 412 g/mol. The van der Waals surface area contributed by atoms with Gasteiger partial charge in [0.1, 0.15) is 11.8 Å². The number of hydrogen-bond acceptors (Lipinski definition) is 5. The molecule has 160 valence electrons. The standard InChI is InChI=1S/C23H29N3O4/c1-4-30-23(28)26-14-12-25(13-15-26)21(18-8-6-5-7-9-18)22(27)24-19-16-17(2)10-11-20(19)29-3/h5-11,16,21H,4,12-15H2,1-3H3,(H,24,27). The lowest BCUT2D eigenvalue weighted by Gasteiger charge is -2.38. The van der Waals surface area contributed by atoms with Crippen molar-refractivity contribution in [3.63, 3.8) is 0 Å². The lowest BCUT2D eigenvalue weighted by molar-refractivity contribution is -0.122. The van der Waals surface area contributed by atoms with Gasteiger partial charge in [0.2, 0.25) is 5.91 Å². The second kappa shape index (κ2) is 10.1. The fourth-order valence-electron chi connectivity index (χ4n) is 3.66. The molecule has 0 radical (unpaired) electrons. The number of carbonyl (C=O) groups excluding carboxylic acids is 2. The van der Waals surface area contributed by atoms with E-state index in [1.807, 2.05) is 55.5 Å². The average Bonchev–Trinajstić information content (AvgIpc) is 2.75. The van der Waals surface area contributed by atoms with Crippen LogP contribution in [0.25, 0.3) is 0 Å². The summed E-state index contributed by atoms with van der Waals surface area (Å²) >= 11 is 0. The summed E-state index contributed by atoms with van der Waals surface area (Å²) in [5.74, 6) is 0.488. The van der Waals surface area contributed by atoms with Crippen molar-refractivity contribution in [2.24, 2.45) is 0 Å². The summed E-state index contributed by atoms with van der Waals surface area (Å²) in [6, 6.07) is 14.9. The number of nitrogens with zero attached hydrogens (tertiary/aromatic N) is 2. The number of benzene rings is 2. The van der Waals surface area contributed by atoms with Gasteiger partial charge in [-0.3, -0.25) is 9.69 Å². The highest BCUT2D eigenvalue weighted by molar-refractivity contribution is 5.97. The Labute approximate surface area is 177 Å². The molecule has 7 heteroatoms. The fourth-order valence-corrected chi connectivity index (χ4v) is 3.66. The Hall–Kier alpha value is -3.06. The van der Waals surface area contributed by atoms with E-state index < -0.39 is 6.04 Å². The van der Waals surface area contributed by atoms with Crippen LogP contribution in [0, 0.1) is 6.92 Å². The molecule has 2 aromatic rings. The van der Waals surface area contributed by atoms with Gasteiger partial charge in [0.25, 0.3) is 0 Å². The molecule has 0 bridgehead atoms. The van der Waals surface area contributed by atoms with Crippen molar-refractivity contribution in [1.82, 2.24) is 9.80 Å². The lowest BCUT2D eigenvalue weighted by Crippen LogP contribution is -2.51. The highest BCUT2D eigenvalue weighted by atomic mass is 16.6. The zero-order valence-corrected chi connectivity index (χ0v) is 17.8. The van der Waals surface area contributed by atoms with Gasteiger partial charge in [0.15, 0.2) is 0 Å². The molecule has 1 atom stereocenters. The van der Waals surface area contributed by atoms with Gasteiger partial charge >= 0.3 is 6.09 Å². The fraction of sp³-hybridized carbons (Fsp3) is 0.391. The van der Waals surface area contributed by atoms with Gasteiger partial charge in [-0.15, -0.1) is 0 Å². The van der Waals surface area contributed by atoms with Crippen LogP contribution in [0.15, 0.2) is 48.5 Å². The minimum atomic E-state index is -0.472. The molecule has 1 N–H and O–H groups in total. The van der Waals surface area contributed by atoms with Crippen molar-refractivity contribution in [2.75, 3.05) is 45.2 Å². The highest BCUT2D eigenvalue weighted by Gasteiger charge is 2.32. The van der Waals surface area contributed by atoms with Crippen LogP contribution in [0.5, 0.6) is 5.75 Å². The highest BCUT2D eigenvalue weighted by Crippen LogP contribution is 2.29. The first-order valence-corrected chi connectivity index (χ1v) is 10.2. The Morgan fingerprint density at radius 1 is 1.07 bits per heavy atom. The minimum absolute atomic E-state index is 0.130. The normalized spacial score (nSPS) is 15.4. The smallest absolute Gasteiger partial charge is 0.409 e. The van der Waals surface area contributed by atoms with Gasteiger partial charge in [-0.1, -0.05) is 36.4 Å². The predicted octanol–water partition coefficient (Wildman–Crippen LogP) is 3.46. The summed E-state index contributed by atoms with van der Waals surface area (Å²) in [6.45, 7) is 6.31. The first kappa shape index (κ1) is 21.6. The van der Waals surface area contributed by atoms with E-state index in [0.717, 1.165) is 11.1 Å². The van der Waals surface area contributed by atoms with E-state index in [1.54, 1.807) is 18.9 Å². The molecular formula is C23H29N3O4. The second-order valence-electron chi connectivity index (χ2n) is 7.23. The van der Waals surface area contributed by atoms with Gasteiger partial charge in [0.05, 0.1) is 19.4 Å². The number of carbonyl (C=O) groups is 2. The molecule has 2 amide bonds. The molecule has 1 aliphatic heterocycles. The molecule has 7 nitrogen and oxygen atoms in total. The van der Waals surface area contributed by atoms with Crippen molar-refractivity contribution >= 4 is 17.7 Å². The maximum Gasteiger partial charge on any atom is 0.409 e. The first-order chi connectivity index (χ1) is 14.5. The van der Waals surface area contributed by atoms with Gasteiger partial charge in [-0.25, -0.2) is 4.79 Å². The Balaban J connectivity index is 1.80. The summed E-state index contributed by atoms with van der Waals surface area (Å²) in [6.07, 6.45) is -0.303. The Kier molecular flexibility index (Phi) is 7.30. The van der Waals surface area contributed by atoms with Crippen LogP contribution in [0.2, 0.25) is 0 Å². The van der Waals surface area contributed by atoms with Gasteiger partial charge in [-0.2, -0.15) is 0 Å². The van der Waals surface area contributed by atoms with Crippen molar-refractivity contribution in [3.05, 3.63) is 59.7 Å². The Morgan fingerprint density at radius 3 is 2.40 bits per heavy atom. The van der Waals surface area contributed by atoms with Crippen molar-refractivity contribution < 1.29 is 19.1 Å². The molecule has 0 saturated carbocycles. The van der Waals surface area contributed by atoms with E-state index in [2.05, 4.69) is 10.2 Å². The second-order valence-corrected chi connectivity index (χ2v) is 7.23. The van der Waals surface area contributed by atoms with E-state index >= 15 is 0 Å². The molecule has 0 spiro atoms. The van der Waals surface area contributed by atoms with E-state index in [1.165, 1.54) is 0 Å². The van der Waals surface area contributed by atoms with Crippen LogP contribution in [0.3, 0.4) is 0 Å². The summed E-state index contributed by atoms with van der Waals surface area (Å²) in [5, 5.41) is 3.04. The zero-order valence-electron chi connectivity index (χ0n) is 17.8. The number of rotatable bonds is 6. The molecule has 1 fully saturated rings. The summed E-state index contributed by atoms with van der Waals surface area (Å²) in [7, 11) is 1.59. The number of piperazine rings is 1. The number of ether oxygens (including phenoxy) is 2. The van der Waals surface area contributed by atoms with Gasteiger partial charge < -0.3 is 19.7 Å². The SMILES string of the molecule is CCOC(=O)N1CCN(C(C(=O)Nc2cc(C)ccc2OC)c2ccccc2)CC1. The number of amides is 2. The van der Waals surface area contributed by atoms with Crippen LogP contribution in [0.4, 0.5) is 10.5 Å². The molecular weight excluding hydrogens is 382 g/mol. The third-order valence-corrected chi connectivity index (χ3v) is 5.18. The molecule has 0 aliphatic carbocycles. The minimum Gasteiger partial charge on any atom is -0.495 e. The summed E-state index contributed by atoms with van der Waals surface area (Å²) < 4.78 is 10.5. The Bertz CT molecular complexity index is 864. The molecule has 1 unspecified atom stereocenters. The number of hydrogen-bond donors (Lipinski definition) is 1. The van der Waals surface area contributed by atoms with Crippen molar-refractivity contribution in [1.29, 1.82) is 0 Å². The van der Waals surface area contributed by atoms with Crippen LogP contribution in [-0.4, -0.2) is 61.7 Å². The molecule has 0 aromatic heterocycles. The zero-order chi connectivity index (χ0) is 21.5. The van der Waals surface area contributed by atoms with Gasteiger partial charge in [-0.05, 0) is 37.1 Å². The maximum atomic E-state index is 13.4. The van der Waals surface area contributed by atoms with E-state index in [0.29, 0.717) is 44.2 Å². The molecule has 1 heterocycles. The lowest BCUT2D eigenvalue weighted by atomic mass is 10.0. The van der Waals surface area contributed by atoms with Crippen LogP contribution in [-0.2, 0) is 9.53 Å². The topological polar surface area (TPSA) is 71.1 Å². The first-order valence-electron chi connectivity index (χ1n) is 10.2. The monoisotopic (exact) mass is 411 g/mol. The molecule has 1 saturated heterocycles. The molecule has 30 heavy (non-hydrogen) atoms. The molecule has 2 aromatic carbocycles. The van der Waals surface area contributed by atoms with E-state index in [-0.39, 0.29) is 12.0 Å². The van der Waals surface area contributed by atoms with Crippen LogP contribution < -0.4 is 10.1 Å². The third-order valence-electron chi connectivity index (χ3n) is 5.18. The van der Waals surface area contributed by atoms with Gasteiger partial charge in [0, 0.05) is 26.2 Å². The number of aryl methyl sites for hydroxylation is 1. The van der Waals surface area contributed by atoms with Crippen molar-refractivity contribution in [2.45, 2.75) is 19.9 Å². The summed E-state index contributed by atoms with van der Waals surface area (Å²) in [5.41, 5.74) is 2.59. The van der Waals surface area contributed by atoms with E-state index in [4.69, 9.17) is 9.47 Å². The molecule has 1 aliphatic rings. The molecule has 3 rings (SSSR count). The largest absolute Gasteiger partial charge is 0.495 e. The van der Waals surface area contributed by atoms with Crippen molar-refractivity contribution in [3.8, 4) is 5.75 Å². The number of nitrogens with one attached hydrogen (secondary N) is 1. The Morgan fingerprint density at radius 2 is 1.77 bits per heavy atom. The van der Waals surface area contributed by atoms with Crippen LogP contribution >= 0.6 is 0 Å². The van der Waals surface area contributed by atoms with E-state index in [9.17, 15) is 9.59 Å². The maximum absolute atomic E-state index is 13.4. The quantitative estimate of drug-likeness (QED) is 0.788. The number of anilines is 1. The third kappa shape index (κ3) is 5.10. The number of methoxy groups -OCH3 is 1.